The molecule has 1 atom stereocenters. The zero-order chi connectivity index (χ0) is 15.8. The third-order valence-corrected chi connectivity index (χ3v) is 3.32. The molecule has 22 heavy (non-hydrogen) atoms. The molecule has 0 unspecified atom stereocenters. The number of ether oxygens (including phenoxy) is 1. The molecule has 1 amide bonds. The van der Waals surface area contributed by atoms with Gasteiger partial charge < -0.3 is 15.8 Å². The molecule has 0 fully saturated rings. The Morgan fingerprint density at radius 1 is 1.14 bits per heavy atom. The monoisotopic (exact) mass is 298 g/mol. The fraction of sp³-hybridized carbons (Fsp3) is 0.278. The van der Waals surface area contributed by atoms with Crippen molar-refractivity contribution >= 4 is 5.91 Å². The molecule has 2 rings (SSSR count). The first-order valence-corrected chi connectivity index (χ1v) is 7.47. The number of nitrogens with one attached hydrogen (secondary N) is 1. The summed E-state index contributed by atoms with van der Waals surface area (Å²) < 4.78 is 5.79. The predicted octanol–water partition coefficient (Wildman–Crippen LogP) is 2.59. The molecule has 0 radical (unpaired) electrons. The second kappa shape index (κ2) is 8.20. The maximum Gasteiger partial charge on any atom is 0.223 e. The van der Waals surface area contributed by atoms with Crippen LogP contribution in [-0.4, -0.2) is 25.1 Å². The molecule has 4 heteroatoms. The van der Waals surface area contributed by atoms with E-state index in [0.717, 1.165) is 16.9 Å². The molecular weight excluding hydrogens is 276 g/mol. The van der Waals surface area contributed by atoms with Crippen molar-refractivity contribution in [3.05, 3.63) is 54.6 Å². The number of benzene rings is 2. The molecule has 0 saturated heterocycles. The fourth-order valence-corrected chi connectivity index (χ4v) is 2.11. The van der Waals surface area contributed by atoms with Gasteiger partial charge in [0.25, 0.3) is 0 Å². The smallest absolute Gasteiger partial charge is 0.223 e. The Morgan fingerprint density at radius 2 is 1.82 bits per heavy atom. The molecule has 0 aliphatic carbocycles. The highest BCUT2D eigenvalue weighted by Gasteiger charge is 2.08. The Bertz CT molecular complexity index is 599. The minimum atomic E-state index is -0.0462. The zero-order valence-corrected chi connectivity index (χ0v) is 12.8. The second-order valence-electron chi connectivity index (χ2n) is 5.16. The van der Waals surface area contributed by atoms with Gasteiger partial charge in [-0.25, -0.2) is 0 Å². The van der Waals surface area contributed by atoms with Gasteiger partial charge in [-0.15, -0.1) is 0 Å². The van der Waals surface area contributed by atoms with Crippen LogP contribution in [0.25, 0.3) is 11.1 Å². The topological polar surface area (TPSA) is 64.3 Å². The lowest BCUT2D eigenvalue weighted by Crippen LogP contribution is -2.38. The van der Waals surface area contributed by atoms with E-state index >= 15 is 0 Å². The van der Waals surface area contributed by atoms with Gasteiger partial charge in [0.1, 0.15) is 5.75 Å². The van der Waals surface area contributed by atoms with E-state index in [2.05, 4.69) is 5.32 Å². The zero-order valence-electron chi connectivity index (χ0n) is 12.8. The van der Waals surface area contributed by atoms with Crippen LogP contribution < -0.4 is 15.8 Å². The van der Waals surface area contributed by atoms with Crippen molar-refractivity contribution < 1.29 is 9.53 Å². The molecule has 2 aromatic carbocycles. The van der Waals surface area contributed by atoms with Gasteiger partial charge >= 0.3 is 0 Å². The number of amides is 1. The van der Waals surface area contributed by atoms with Gasteiger partial charge in [-0.3, -0.25) is 4.79 Å². The molecule has 116 valence electrons. The number of para-hydroxylation sites is 1. The maximum atomic E-state index is 11.7. The normalized spacial score (nSPS) is 11.7. The average molecular weight is 298 g/mol. The summed E-state index contributed by atoms with van der Waals surface area (Å²) in [4.78, 5) is 11.7. The van der Waals surface area contributed by atoms with E-state index in [1.165, 1.54) is 0 Å². The van der Waals surface area contributed by atoms with Crippen molar-refractivity contribution in [1.29, 1.82) is 0 Å². The van der Waals surface area contributed by atoms with E-state index in [1.54, 1.807) is 0 Å². The van der Waals surface area contributed by atoms with Crippen LogP contribution in [0.2, 0.25) is 0 Å². The quantitative estimate of drug-likeness (QED) is 0.826. The van der Waals surface area contributed by atoms with E-state index < -0.39 is 0 Å². The molecule has 0 aliphatic heterocycles. The Labute approximate surface area is 131 Å². The molecule has 0 spiro atoms. The number of carbonyl (C=O) groups excluding carboxylic acids is 1. The van der Waals surface area contributed by atoms with Crippen molar-refractivity contribution in [1.82, 2.24) is 5.32 Å². The highest BCUT2D eigenvalue weighted by Crippen LogP contribution is 2.29. The van der Waals surface area contributed by atoms with E-state index in [4.69, 9.17) is 10.5 Å². The SMILES string of the molecule is C[C@@H](CN)NC(=O)CCOc1ccccc1-c1ccccc1. The Balaban J connectivity index is 1.95. The Morgan fingerprint density at radius 3 is 2.55 bits per heavy atom. The molecule has 0 aliphatic rings. The minimum Gasteiger partial charge on any atom is -0.492 e. The molecule has 0 saturated carbocycles. The molecule has 0 heterocycles. The van der Waals surface area contributed by atoms with Gasteiger partial charge in [0.2, 0.25) is 5.91 Å². The van der Waals surface area contributed by atoms with Gasteiger partial charge in [-0.1, -0.05) is 48.5 Å². The molecule has 2 aromatic rings. The summed E-state index contributed by atoms with van der Waals surface area (Å²) in [5, 5.41) is 2.82. The van der Waals surface area contributed by atoms with Gasteiger partial charge in [-0.2, -0.15) is 0 Å². The number of rotatable bonds is 7. The molecule has 0 bridgehead atoms. The van der Waals surface area contributed by atoms with E-state index in [1.807, 2.05) is 61.5 Å². The van der Waals surface area contributed by atoms with Crippen molar-refractivity contribution in [2.75, 3.05) is 13.2 Å². The van der Waals surface area contributed by atoms with Crippen LogP contribution >= 0.6 is 0 Å². The summed E-state index contributed by atoms with van der Waals surface area (Å²) in [7, 11) is 0. The van der Waals surface area contributed by atoms with Crippen LogP contribution in [0.15, 0.2) is 54.6 Å². The summed E-state index contributed by atoms with van der Waals surface area (Å²) in [5.41, 5.74) is 7.60. The van der Waals surface area contributed by atoms with Crippen molar-refractivity contribution in [3.63, 3.8) is 0 Å². The lowest BCUT2D eigenvalue weighted by atomic mass is 10.1. The van der Waals surface area contributed by atoms with E-state index in [-0.39, 0.29) is 11.9 Å². The lowest BCUT2D eigenvalue weighted by Gasteiger charge is -2.13. The van der Waals surface area contributed by atoms with Crippen LogP contribution in [0.1, 0.15) is 13.3 Å². The standard InChI is InChI=1S/C18H22N2O2/c1-14(13-19)20-18(21)11-12-22-17-10-6-5-9-16(17)15-7-3-2-4-8-15/h2-10,14H,11-13,19H2,1H3,(H,20,21)/t14-/m0/s1. The van der Waals surface area contributed by atoms with E-state index in [0.29, 0.717) is 19.6 Å². The summed E-state index contributed by atoms with van der Waals surface area (Å²) >= 11 is 0. The van der Waals surface area contributed by atoms with Gasteiger partial charge in [0.05, 0.1) is 13.0 Å². The maximum absolute atomic E-state index is 11.7. The molecular formula is C18H22N2O2. The Kier molecular flexibility index (Phi) is 5.98. The third kappa shape index (κ3) is 4.60. The lowest BCUT2D eigenvalue weighted by molar-refractivity contribution is -0.122. The number of carbonyl (C=O) groups is 1. The number of nitrogens with two attached hydrogens (primary N) is 1. The fourth-order valence-electron chi connectivity index (χ4n) is 2.11. The minimum absolute atomic E-state index is 0.0101. The van der Waals surface area contributed by atoms with Crippen LogP contribution in [-0.2, 0) is 4.79 Å². The van der Waals surface area contributed by atoms with Gasteiger partial charge in [0.15, 0.2) is 0 Å². The molecule has 3 N–H and O–H groups in total. The van der Waals surface area contributed by atoms with Crippen LogP contribution in [0.4, 0.5) is 0 Å². The first-order valence-electron chi connectivity index (χ1n) is 7.47. The summed E-state index contributed by atoms with van der Waals surface area (Å²) in [6, 6.07) is 17.9. The van der Waals surface area contributed by atoms with E-state index in [9.17, 15) is 4.79 Å². The van der Waals surface area contributed by atoms with Crippen molar-refractivity contribution in [2.45, 2.75) is 19.4 Å². The van der Waals surface area contributed by atoms with Crippen molar-refractivity contribution in [3.8, 4) is 16.9 Å². The second-order valence-corrected chi connectivity index (χ2v) is 5.16. The van der Waals surface area contributed by atoms with Gasteiger partial charge in [-0.05, 0) is 18.6 Å². The summed E-state index contributed by atoms with van der Waals surface area (Å²) in [6.07, 6.45) is 0.313. The first-order chi connectivity index (χ1) is 10.7. The summed E-state index contributed by atoms with van der Waals surface area (Å²) in [5.74, 6) is 0.739. The number of hydrogen-bond donors (Lipinski definition) is 2. The third-order valence-electron chi connectivity index (χ3n) is 3.32. The van der Waals surface area contributed by atoms with Crippen LogP contribution in [0, 0.1) is 0 Å². The largest absolute Gasteiger partial charge is 0.492 e. The first kappa shape index (κ1) is 16.0. The summed E-state index contributed by atoms with van der Waals surface area (Å²) in [6.45, 7) is 2.65. The number of hydrogen-bond acceptors (Lipinski definition) is 3. The van der Waals surface area contributed by atoms with Crippen LogP contribution in [0.5, 0.6) is 5.75 Å². The molecule has 4 nitrogen and oxygen atoms in total. The highest BCUT2D eigenvalue weighted by atomic mass is 16.5. The van der Waals surface area contributed by atoms with Crippen molar-refractivity contribution in [2.24, 2.45) is 5.73 Å². The Hall–Kier alpha value is -2.33. The predicted molar refractivity (Wildman–Crippen MR) is 88.6 cm³/mol. The highest BCUT2D eigenvalue weighted by molar-refractivity contribution is 5.76. The van der Waals surface area contributed by atoms with Crippen LogP contribution in [0.3, 0.4) is 0 Å². The molecule has 0 aromatic heterocycles. The average Bonchev–Trinajstić information content (AvgIpc) is 2.56. The van der Waals surface area contributed by atoms with Gasteiger partial charge in [0, 0.05) is 18.2 Å².